The van der Waals surface area contributed by atoms with Crippen LogP contribution >= 0.6 is 0 Å². The van der Waals surface area contributed by atoms with E-state index in [1.807, 2.05) is 13.0 Å². The maximum atomic E-state index is 13.3. The number of aryl methyl sites for hydroxylation is 1. The predicted molar refractivity (Wildman–Crippen MR) is 98.7 cm³/mol. The molecule has 4 rings (SSSR count). The molecular formula is C20H30FN3O. The third kappa shape index (κ3) is 3.83. The Morgan fingerprint density at radius 2 is 1.96 bits per heavy atom. The lowest BCUT2D eigenvalue weighted by atomic mass is 10.0. The average molecular weight is 347 g/mol. The van der Waals surface area contributed by atoms with E-state index in [4.69, 9.17) is 4.74 Å². The topological polar surface area (TPSA) is 27.7 Å². The van der Waals surface area contributed by atoms with Gasteiger partial charge >= 0.3 is 0 Å². The van der Waals surface area contributed by atoms with Crippen molar-refractivity contribution in [3.05, 3.63) is 29.6 Å². The number of morpholine rings is 1. The molecule has 0 aliphatic carbocycles. The van der Waals surface area contributed by atoms with E-state index in [9.17, 15) is 4.39 Å². The Bertz CT molecular complexity index is 603. The quantitative estimate of drug-likeness (QED) is 0.909. The Morgan fingerprint density at radius 3 is 2.72 bits per heavy atom. The van der Waals surface area contributed by atoms with E-state index < -0.39 is 0 Å². The highest BCUT2D eigenvalue weighted by Gasteiger charge is 2.37. The second-order valence-corrected chi connectivity index (χ2v) is 8.04. The van der Waals surface area contributed by atoms with Crippen molar-refractivity contribution in [1.82, 2.24) is 10.2 Å². The fraction of sp³-hybridized carbons (Fsp3) is 0.700. The molecule has 3 heterocycles. The van der Waals surface area contributed by atoms with E-state index in [-0.39, 0.29) is 5.82 Å². The van der Waals surface area contributed by atoms with Crippen molar-refractivity contribution >= 4 is 5.69 Å². The molecule has 0 radical (unpaired) electrons. The van der Waals surface area contributed by atoms with Gasteiger partial charge in [0.05, 0.1) is 12.7 Å². The van der Waals surface area contributed by atoms with Crippen LogP contribution in [-0.4, -0.2) is 61.9 Å². The molecule has 3 saturated heterocycles. The molecule has 138 valence electrons. The van der Waals surface area contributed by atoms with Gasteiger partial charge in [0.1, 0.15) is 5.82 Å². The van der Waals surface area contributed by atoms with Crippen molar-refractivity contribution in [2.24, 2.45) is 0 Å². The molecule has 1 aromatic carbocycles. The van der Waals surface area contributed by atoms with E-state index in [2.05, 4.69) is 22.0 Å². The second-order valence-electron chi connectivity index (χ2n) is 8.04. The number of anilines is 1. The Kier molecular flexibility index (Phi) is 4.98. The zero-order valence-electron chi connectivity index (χ0n) is 15.4. The normalized spacial score (nSPS) is 31.3. The molecule has 0 bridgehead atoms. The van der Waals surface area contributed by atoms with Gasteiger partial charge in [-0.3, -0.25) is 4.90 Å². The first-order valence-corrected chi connectivity index (χ1v) is 9.71. The van der Waals surface area contributed by atoms with Gasteiger partial charge in [-0.25, -0.2) is 4.39 Å². The van der Waals surface area contributed by atoms with Crippen LogP contribution in [0.15, 0.2) is 18.2 Å². The van der Waals surface area contributed by atoms with Gasteiger partial charge in [-0.15, -0.1) is 0 Å². The molecule has 0 spiro atoms. The van der Waals surface area contributed by atoms with Crippen LogP contribution in [0.4, 0.5) is 10.1 Å². The van der Waals surface area contributed by atoms with Crippen molar-refractivity contribution in [3.63, 3.8) is 0 Å². The molecule has 0 unspecified atom stereocenters. The van der Waals surface area contributed by atoms with Gasteiger partial charge in [-0.1, -0.05) is 0 Å². The number of benzene rings is 1. The number of ether oxygens (including phenoxy) is 1. The monoisotopic (exact) mass is 347 g/mol. The molecule has 3 fully saturated rings. The number of piperidine rings is 1. The molecular weight excluding hydrogens is 317 g/mol. The highest BCUT2D eigenvalue weighted by molar-refractivity contribution is 5.53. The summed E-state index contributed by atoms with van der Waals surface area (Å²) in [6.07, 6.45) is 3.90. The predicted octanol–water partition coefficient (Wildman–Crippen LogP) is 2.55. The fourth-order valence-corrected chi connectivity index (χ4v) is 4.75. The lowest BCUT2D eigenvalue weighted by molar-refractivity contribution is -0.0390. The lowest BCUT2D eigenvalue weighted by Gasteiger charge is -2.36. The summed E-state index contributed by atoms with van der Waals surface area (Å²) in [6.45, 7) is 9.39. The smallest absolute Gasteiger partial charge is 0.123 e. The van der Waals surface area contributed by atoms with Gasteiger partial charge in [0.2, 0.25) is 0 Å². The summed E-state index contributed by atoms with van der Waals surface area (Å²) in [6, 6.07) is 6.94. The van der Waals surface area contributed by atoms with E-state index in [0.29, 0.717) is 24.2 Å². The van der Waals surface area contributed by atoms with E-state index in [1.54, 1.807) is 12.1 Å². The van der Waals surface area contributed by atoms with Gasteiger partial charge < -0.3 is 15.0 Å². The Hall–Kier alpha value is -1.17. The Morgan fingerprint density at radius 1 is 1.16 bits per heavy atom. The zero-order valence-corrected chi connectivity index (χ0v) is 15.4. The summed E-state index contributed by atoms with van der Waals surface area (Å²) in [5.41, 5.74) is 2.22. The van der Waals surface area contributed by atoms with Crippen LogP contribution in [0.3, 0.4) is 0 Å². The van der Waals surface area contributed by atoms with E-state index >= 15 is 0 Å². The SMILES string of the molecule is Cc1cc(F)ccc1N1CCC(N[C@@H]2C[C@H]3CO[C@@H](C)CN3C2)CC1. The minimum atomic E-state index is -0.145. The summed E-state index contributed by atoms with van der Waals surface area (Å²) >= 11 is 0. The van der Waals surface area contributed by atoms with Gasteiger partial charge in [-0.05, 0) is 56.9 Å². The molecule has 4 nitrogen and oxygen atoms in total. The molecule has 3 atom stereocenters. The van der Waals surface area contributed by atoms with Crippen LogP contribution in [0.2, 0.25) is 0 Å². The summed E-state index contributed by atoms with van der Waals surface area (Å²) in [4.78, 5) is 5.00. The van der Waals surface area contributed by atoms with Gasteiger partial charge in [0.15, 0.2) is 0 Å². The number of hydrogen-bond acceptors (Lipinski definition) is 4. The molecule has 3 aliphatic heterocycles. The van der Waals surface area contributed by atoms with Crippen molar-refractivity contribution < 1.29 is 9.13 Å². The first-order chi connectivity index (χ1) is 12.1. The fourth-order valence-electron chi connectivity index (χ4n) is 4.75. The molecule has 1 aromatic rings. The van der Waals surface area contributed by atoms with Crippen LogP contribution in [0.1, 0.15) is 31.7 Å². The number of nitrogens with one attached hydrogen (secondary N) is 1. The van der Waals surface area contributed by atoms with Crippen LogP contribution in [0.5, 0.6) is 0 Å². The first kappa shape index (κ1) is 17.3. The number of fused-ring (bicyclic) bond motifs is 1. The maximum absolute atomic E-state index is 13.3. The summed E-state index contributed by atoms with van der Waals surface area (Å²) in [5.74, 6) is -0.145. The molecule has 5 heteroatoms. The molecule has 1 N–H and O–H groups in total. The Balaban J connectivity index is 1.28. The maximum Gasteiger partial charge on any atom is 0.123 e. The summed E-state index contributed by atoms with van der Waals surface area (Å²) < 4.78 is 19.1. The average Bonchev–Trinajstić information content (AvgIpc) is 2.97. The summed E-state index contributed by atoms with van der Waals surface area (Å²) in [5, 5.41) is 3.90. The molecule has 25 heavy (non-hydrogen) atoms. The molecule has 0 amide bonds. The minimum Gasteiger partial charge on any atom is -0.376 e. The van der Waals surface area contributed by atoms with Crippen LogP contribution in [0.25, 0.3) is 0 Å². The van der Waals surface area contributed by atoms with Gasteiger partial charge in [0, 0.05) is 50.0 Å². The van der Waals surface area contributed by atoms with Crippen molar-refractivity contribution in [3.8, 4) is 0 Å². The van der Waals surface area contributed by atoms with Crippen LogP contribution in [-0.2, 0) is 4.74 Å². The lowest BCUT2D eigenvalue weighted by Crippen LogP contribution is -2.47. The summed E-state index contributed by atoms with van der Waals surface area (Å²) in [7, 11) is 0. The van der Waals surface area contributed by atoms with E-state index in [0.717, 1.165) is 51.2 Å². The third-order valence-electron chi connectivity index (χ3n) is 6.06. The van der Waals surface area contributed by atoms with Crippen molar-refractivity contribution in [2.75, 3.05) is 37.7 Å². The highest BCUT2D eigenvalue weighted by atomic mass is 19.1. The second kappa shape index (κ2) is 7.22. The molecule has 3 aliphatic rings. The van der Waals surface area contributed by atoms with Crippen molar-refractivity contribution in [1.29, 1.82) is 0 Å². The first-order valence-electron chi connectivity index (χ1n) is 9.71. The van der Waals surface area contributed by atoms with Gasteiger partial charge in [-0.2, -0.15) is 0 Å². The Labute approximate surface area is 150 Å². The van der Waals surface area contributed by atoms with Crippen LogP contribution in [0, 0.1) is 12.7 Å². The molecule has 0 aromatic heterocycles. The van der Waals surface area contributed by atoms with Gasteiger partial charge in [0.25, 0.3) is 0 Å². The largest absolute Gasteiger partial charge is 0.376 e. The number of hydrogen-bond donors (Lipinski definition) is 1. The third-order valence-corrected chi connectivity index (χ3v) is 6.06. The number of rotatable bonds is 3. The van der Waals surface area contributed by atoms with Crippen LogP contribution < -0.4 is 10.2 Å². The zero-order chi connectivity index (χ0) is 17.4. The standard InChI is InChI=1S/C20H30FN3O/c1-14-9-16(21)3-4-20(14)23-7-5-17(6-8-23)22-18-10-19-13-25-15(2)11-24(19)12-18/h3-4,9,15,17-19,22H,5-8,10-13H2,1-2H3/t15-,18+,19-/m0/s1. The molecule has 0 saturated carbocycles. The van der Waals surface area contributed by atoms with E-state index in [1.165, 1.54) is 12.1 Å². The number of halogens is 1. The van der Waals surface area contributed by atoms with Crippen molar-refractivity contribution in [2.45, 2.75) is 57.3 Å². The minimum absolute atomic E-state index is 0.145. The number of nitrogens with zero attached hydrogens (tertiary/aromatic N) is 2. The highest BCUT2D eigenvalue weighted by Crippen LogP contribution is 2.27.